The van der Waals surface area contributed by atoms with Crippen molar-refractivity contribution in [2.45, 2.75) is 39.7 Å². The summed E-state index contributed by atoms with van der Waals surface area (Å²) in [5.41, 5.74) is 0.494. The number of piperazine rings is 1. The molecule has 2 saturated heterocycles. The molecule has 3 amide bonds. The predicted octanol–water partition coefficient (Wildman–Crippen LogP) is 1.85. The van der Waals surface area contributed by atoms with Crippen LogP contribution in [-0.4, -0.2) is 91.4 Å². The van der Waals surface area contributed by atoms with Gasteiger partial charge in [0, 0.05) is 50.7 Å². The number of carbonyl (C=O) groups excluding carboxylic acids is 3. The zero-order chi connectivity index (χ0) is 24.0. The Labute approximate surface area is 197 Å². The van der Waals surface area contributed by atoms with Gasteiger partial charge in [-0.15, -0.1) is 0 Å². The van der Waals surface area contributed by atoms with Crippen molar-refractivity contribution >= 4 is 17.7 Å². The number of likely N-dealkylation sites (tertiary alicyclic amines) is 1. The number of carbonyl (C=O) groups is 3. The quantitative estimate of drug-likeness (QED) is 0.674. The van der Waals surface area contributed by atoms with E-state index in [9.17, 15) is 14.4 Å². The molecule has 0 saturated carbocycles. The van der Waals surface area contributed by atoms with Crippen molar-refractivity contribution in [3.05, 3.63) is 29.8 Å². The molecule has 2 fully saturated rings. The Morgan fingerprint density at radius 2 is 1.58 bits per heavy atom. The van der Waals surface area contributed by atoms with Gasteiger partial charge in [0.05, 0.1) is 6.61 Å². The van der Waals surface area contributed by atoms with E-state index in [-0.39, 0.29) is 29.6 Å². The van der Waals surface area contributed by atoms with Gasteiger partial charge in [0.25, 0.3) is 5.91 Å². The Morgan fingerprint density at radius 1 is 0.970 bits per heavy atom. The van der Waals surface area contributed by atoms with Gasteiger partial charge < -0.3 is 24.8 Å². The molecule has 8 heteroatoms. The Balaban J connectivity index is 1.54. The molecule has 1 N–H and O–H groups in total. The molecule has 8 nitrogen and oxygen atoms in total. The predicted molar refractivity (Wildman–Crippen MR) is 127 cm³/mol. The van der Waals surface area contributed by atoms with Crippen LogP contribution in [0.2, 0.25) is 0 Å². The SMILES string of the molecule is CCOc1ccc(C(=O)NC(C(=O)N2CCC(C(=O)N3CCN(C)CC3)CC2)C(C)C)cc1. The summed E-state index contributed by atoms with van der Waals surface area (Å²) in [6.45, 7) is 10.8. The highest BCUT2D eigenvalue weighted by Crippen LogP contribution is 2.22. The fraction of sp³-hybridized carbons (Fsp3) is 0.640. The lowest BCUT2D eigenvalue weighted by molar-refractivity contribution is -0.143. The van der Waals surface area contributed by atoms with Crippen LogP contribution in [0.15, 0.2) is 24.3 Å². The van der Waals surface area contributed by atoms with Gasteiger partial charge in [-0.05, 0) is 57.0 Å². The average molecular weight is 459 g/mol. The number of nitrogens with zero attached hydrogens (tertiary/aromatic N) is 3. The maximum absolute atomic E-state index is 13.3. The van der Waals surface area contributed by atoms with E-state index in [0.717, 1.165) is 26.2 Å². The van der Waals surface area contributed by atoms with E-state index in [1.807, 2.05) is 25.7 Å². The molecule has 0 spiro atoms. The lowest BCUT2D eigenvalue weighted by Crippen LogP contribution is -2.54. The molecule has 2 heterocycles. The molecule has 1 atom stereocenters. The van der Waals surface area contributed by atoms with Gasteiger partial charge in [-0.25, -0.2) is 0 Å². The third-order valence-corrected chi connectivity index (χ3v) is 6.62. The van der Waals surface area contributed by atoms with Crippen molar-refractivity contribution in [3.63, 3.8) is 0 Å². The summed E-state index contributed by atoms with van der Waals surface area (Å²) >= 11 is 0. The molecular formula is C25H38N4O4. The number of rotatable bonds is 7. The van der Waals surface area contributed by atoms with Crippen LogP contribution in [0.25, 0.3) is 0 Å². The summed E-state index contributed by atoms with van der Waals surface area (Å²) in [5, 5.41) is 2.92. The molecule has 3 rings (SSSR count). The highest BCUT2D eigenvalue weighted by Gasteiger charge is 2.34. The zero-order valence-electron chi connectivity index (χ0n) is 20.4. The summed E-state index contributed by atoms with van der Waals surface area (Å²) in [4.78, 5) is 44.9. The summed E-state index contributed by atoms with van der Waals surface area (Å²) < 4.78 is 5.42. The number of hydrogen-bond donors (Lipinski definition) is 1. The third-order valence-electron chi connectivity index (χ3n) is 6.62. The fourth-order valence-corrected chi connectivity index (χ4v) is 4.44. The largest absolute Gasteiger partial charge is 0.494 e. The fourth-order valence-electron chi connectivity index (χ4n) is 4.44. The van der Waals surface area contributed by atoms with Gasteiger partial charge in [0.1, 0.15) is 11.8 Å². The van der Waals surface area contributed by atoms with E-state index in [1.165, 1.54) is 0 Å². The minimum Gasteiger partial charge on any atom is -0.494 e. The van der Waals surface area contributed by atoms with Crippen LogP contribution in [0.3, 0.4) is 0 Å². The number of hydrogen-bond acceptors (Lipinski definition) is 5. The summed E-state index contributed by atoms with van der Waals surface area (Å²) in [7, 11) is 2.08. The van der Waals surface area contributed by atoms with E-state index >= 15 is 0 Å². The topological polar surface area (TPSA) is 82.2 Å². The molecule has 33 heavy (non-hydrogen) atoms. The maximum atomic E-state index is 13.3. The highest BCUT2D eigenvalue weighted by molar-refractivity contribution is 5.97. The number of ether oxygens (including phenoxy) is 1. The van der Waals surface area contributed by atoms with E-state index < -0.39 is 6.04 Å². The monoisotopic (exact) mass is 458 g/mol. The third kappa shape index (κ3) is 6.47. The zero-order valence-corrected chi connectivity index (χ0v) is 20.4. The molecule has 2 aliphatic heterocycles. The molecule has 182 valence electrons. The number of amides is 3. The highest BCUT2D eigenvalue weighted by atomic mass is 16.5. The molecule has 2 aliphatic rings. The van der Waals surface area contributed by atoms with E-state index in [1.54, 1.807) is 29.2 Å². The minimum atomic E-state index is -0.603. The first kappa shape index (κ1) is 25.0. The maximum Gasteiger partial charge on any atom is 0.251 e. The van der Waals surface area contributed by atoms with E-state index in [0.29, 0.717) is 43.9 Å². The van der Waals surface area contributed by atoms with Crippen LogP contribution < -0.4 is 10.1 Å². The second-order valence-corrected chi connectivity index (χ2v) is 9.38. The summed E-state index contributed by atoms with van der Waals surface area (Å²) in [6, 6.07) is 6.32. The van der Waals surface area contributed by atoms with Gasteiger partial charge in [0.2, 0.25) is 11.8 Å². The van der Waals surface area contributed by atoms with E-state index in [2.05, 4.69) is 17.3 Å². The Kier molecular flexibility index (Phi) is 8.72. The van der Waals surface area contributed by atoms with Crippen LogP contribution in [0.4, 0.5) is 0 Å². The van der Waals surface area contributed by atoms with Crippen molar-refractivity contribution < 1.29 is 19.1 Å². The van der Waals surface area contributed by atoms with Crippen LogP contribution in [0, 0.1) is 11.8 Å². The van der Waals surface area contributed by atoms with Crippen LogP contribution in [-0.2, 0) is 9.59 Å². The normalized spacial score (nSPS) is 18.8. The van der Waals surface area contributed by atoms with Crippen molar-refractivity contribution in [3.8, 4) is 5.75 Å². The Morgan fingerprint density at radius 3 is 2.12 bits per heavy atom. The van der Waals surface area contributed by atoms with Crippen LogP contribution >= 0.6 is 0 Å². The van der Waals surface area contributed by atoms with Crippen molar-refractivity contribution in [2.24, 2.45) is 11.8 Å². The lowest BCUT2D eigenvalue weighted by atomic mass is 9.93. The molecule has 1 unspecified atom stereocenters. The first-order valence-electron chi connectivity index (χ1n) is 12.1. The average Bonchev–Trinajstić information content (AvgIpc) is 2.82. The van der Waals surface area contributed by atoms with Gasteiger partial charge in [-0.3, -0.25) is 14.4 Å². The molecular weight excluding hydrogens is 420 g/mol. The van der Waals surface area contributed by atoms with Crippen molar-refractivity contribution in [1.82, 2.24) is 20.0 Å². The first-order valence-corrected chi connectivity index (χ1v) is 12.1. The molecule has 0 radical (unpaired) electrons. The molecule has 1 aromatic carbocycles. The number of benzene rings is 1. The minimum absolute atomic E-state index is 0.0200. The molecule has 0 aromatic heterocycles. The second kappa shape index (κ2) is 11.5. The Hall–Kier alpha value is -2.61. The van der Waals surface area contributed by atoms with Gasteiger partial charge in [-0.1, -0.05) is 13.8 Å². The van der Waals surface area contributed by atoms with E-state index in [4.69, 9.17) is 4.74 Å². The van der Waals surface area contributed by atoms with Gasteiger partial charge >= 0.3 is 0 Å². The standard InChI is InChI=1S/C25H38N4O4/c1-5-33-21-8-6-19(7-9-21)23(30)26-22(18(2)3)25(32)28-12-10-20(11-13-28)24(31)29-16-14-27(4)15-17-29/h6-9,18,20,22H,5,10-17H2,1-4H3,(H,26,30). The smallest absolute Gasteiger partial charge is 0.251 e. The van der Waals surface area contributed by atoms with Crippen LogP contribution in [0.5, 0.6) is 5.75 Å². The van der Waals surface area contributed by atoms with Gasteiger partial charge in [-0.2, -0.15) is 0 Å². The summed E-state index contributed by atoms with van der Waals surface area (Å²) in [5.74, 6) is 0.515. The van der Waals surface area contributed by atoms with Crippen molar-refractivity contribution in [1.29, 1.82) is 0 Å². The van der Waals surface area contributed by atoms with Crippen LogP contribution in [0.1, 0.15) is 44.0 Å². The summed E-state index contributed by atoms with van der Waals surface area (Å²) in [6.07, 6.45) is 1.35. The number of nitrogens with one attached hydrogen (secondary N) is 1. The lowest BCUT2D eigenvalue weighted by Gasteiger charge is -2.38. The van der Waals surface area contributed by atoms with Gasteiger partial charge in [0.15, 0.2) is 0 Å². The second-order valence-electron chi connectivity index (χ2n) is 9.38. The first-order chi connectivity index (χ1) is 15.8. The molecule has 0 aliphatic carbocycles. The number of likely N-dealkylation sites (N-methyl/N-ethyl adjacent to an activating group) is 1. The van der Waals surface area contributed by atoms with Crippen molar-refractivity contribution in [2.75, 3.05) is 52.9 Å². The number of piperidine rings is 1. The molecule has 0 bridgehead atoms. The molecule has 1 aromatic rings. The Bertz CT molecular complexity index is 810.